The van der Waals surface area contributed by atoms with E-state index in [0.717, 1.165) is 17.7 Å². The highest BCUT2D eigenvalue weighted by atomic mass is 16.5. The van der Waals surface area contributed by atoms with Crippen LogP contribution in [0.1, 0.15) is 65.5 Å². The van der Waals surface area contributed by atoms with Gasteiger partial charge in [0.1, 0.15) is 5.75 Å². The van der Waals surface area contributed by atoms with Crippen LogP contribution in [0.15, 0.2) is 18.2 Å². The number of ether oxygens (including phenoxy) is 1. The molecule has 1 aromatic rings. The molecule has 3 heteroatoms. The van der Waals surface area contributed by atoms with E-state index in [-0.39, 0.29) is 16.9 Å². The van der Waals surface area contributed by atoms with E-state index in [1.807, 2.05) is 26.0 Å². The van der Waals surface area contributed by atoms with Crippen molar-refractivity contribution in [3.63, 3.8) is 0 Å². The second-order valence-electron chi connectivity index (χ2n) is 8.32. The van der Waals surface area contributed by atoms with E-state index in [2.05, 4.69) is 52.9 Å². The Kier molecular flexibility index (Phi) is 6.26. The fraction of sp³-hybridized carbons (Fsp3) is 0.650. The van der Waals surface area contributed by atoms with Crippen LogP contribution in [0, 0.1) is 19.3 Å². The van der Waals surface area contributed by atoms with Crippen molar-refractivity contribution in [1.29, 1.82) is 0 Å². The van der Waals surface area contributed by atoms with E-state index in [1.165, 1.54) is 5.56 Å². The maximum atomic E-state index is 12.6. The molecule has 0 radical (unpaired) electrons. The van der Waals surface area contributed by atoms with Crippen molar-refractivity contribution in [3.8, 4) is 5.75 Å². The molecule has 1 amide bonds. The highest BCUT2D eigenvalue weighted by Crippen LogP contribution is 2.27. The molecule has 23 heavy (non-hydrogen) atoms. The number of amides is 1. The monoisotopic (exact) mass is 319 g/mol. The van der Waals surface area contributed by atoms with Gasteiger partial charge in [-0.25, -0.2) is 0 Å². The summed E-state index contributed by atoms with van der Waals surface area (Å²) in [6.07, 6.45) is 1.09. The second-order valence-corrected chi connectivity index (χ2v) is 8.32. The Bertz CT molecular complexity index is 541. The van der Waals surface area contributed by atoms with Crippen LogP contribution in [0.25, 0.3) is 0 Å². The molecule has 0 saturated carbocycles. The highest BCUT2D eigenvalue weighted by Gasteiger charge is 2.30. The minimum Gasteiger partial charge on any atom is -0.480 e. The smallest absolute Gasteiger partial charge is 0.261 e. The summed E-state index contributed by atoms with van der Waals surface area (Å²) < 4.78 is 6.00. The van der Waals surface area contributed by atoms with E-state index < -0.39 is 6.10 Å². The Balaban J connectivity index is 2.81. The molecule has 0 aliphatic heterocycles. The fourth-order valence-corrected chi connectivity index (χ4v) is 3.11. The summed E-state index contributed by atoms with van der Waals surface area (Å²) in [4.78, 5) is 12.6. The molecule has 0 spiro atoms. The first-order valence-electron chi connectivity index (χ1n) is 8.50. The molecule has 1 N–H and O–H groups in total. The molecule has 0 bridgehead atoms. The van der Waals surface area contributed by atoms with Gasteiger partial charge in [-0.3, -0.25) is 4.79 Å². The summed E-state index contributed by atoms with van der Waals surface area (Å²) in [5.74, 6) is 0.753. The van der Waals surface area contributed by atoms with Gasteiger partial charge in [0.15, 0.2) is 6.10 Å². The quantitative estimate of drug-likeness (QED) is 0.818. The molecule has 0 fully saturated rings. The molecular weight excluding hydrogens is 286 g/mol. The molecule has 3 nitrogen and oxygen atoms in total. The van der Waals surface area contributed by atoms with Gasteiger partial charge in [-0.15, -0.1) is 0 Å². The van der Waals surface area contributed by atoms with Gasteiger partial charge >= 0.3 is 0 Å². The van der Waals surface area contributed by atoms with Crippen LogP contribution in [0.3, 0.4) is 0 Å². The van der Waals surface area contributed by atoms with E-state index in [1.54, 1.807) is 0 Å². The maximum absolute atomic E-state index is 12.6. The number of nitrogens with one attached hydrogen (secondary N) is 1. The predicted octanol–water partition coefficient (Wildman–Crippen LogP) is 4.79. The average Bonchev–Trinajstić information content (AvgIpc) is 2.36. The van der Waals surface area contributed by atoms with Crippen LogP contribution in [-0.2, 0) is 4.79 Å². The molecular formula is C20H33NO2. The van der Waals surface area contributed by atoms with Gasteiger partial charge in [0, 0.05) is 5.54 Å². The molecule has 1 unspecified atom stereocenters. The third-order valence-electron chi connectivity index (χ3n) is 3.92. The van der Waals surface area contributed by atoms with Gasteiger partial charge in [0.05, 0.1) is 0 Å². The molecule has 0 aliphatic carbocycles. The summed E-state index contributed by atoms with van der Waals surface area (Å²) in [5.41, 5.74) is 2.17. The molecule has 0 saturated heterocycles. The normalized spacial score (nSPS) is 13.6. The second kappa shape index (κ2) is 7.37. The van der Waals surface area contributed by atoms with Gasteiger partial charge in [0.2, 0.25) is 0 Å². The Morgan fingerprint density at radius 3 is 2.30 bits per heavy atom. The lowest BCUT2D eigenvalue weighted by atomic mass is 9.81. The van der Waals surface area contributed by atoms with Crippen molar-refractivity contribution < 1.29 is 9.53 Å². The number of benzene rings is 1. The lowest BCUT2D eigenvalue weighted by Crippen LogP contribution is -2.50. The van der Waals surface area contributed by atoms with Crippen LogP contribution < -0.4 is 10.1 Å². The average molecular weight is 319 g/mol. The number of hydrogen-bond acceptors (Lipinski definition) is 2. The van der Waals surface area contributed by atoms with Crippen molar-refractivity contribution in [2.24, 2.45) is 5.41 Å². The Morgan fingerprint density at radius 2 is 1.78 bits per heavy atom. The zero-order valence-electron chi connectivity index (χ0n) is 16.0. The minimum absolute atomic E-state index is 0.0392. The van der Waals surface area contributed by atoms with Crippen molar-refractivity contribution in [2.75, 3.05) is 0 Å². The summed E-state index contributed by atoms with van der Waals surface area (Å²) in [5, 5.41) is 3.15. The zero-order valence-corrected chi connectivity index (χ0v) is 16.0. The largest absolute Gasteiger partial charge is 0.480 e. The molecule has 0 aliphatic rings. The van der Waals surface area contributed by atoms with Crippen LogP contribution in [0.2, 0.25) is 0 Å². The van der Waals surface area contributed by atoms with Crippen molar-refractivity contribution in [2.45, 2.75) is 79.9 Å². The summed E-state index contributed by atoms with van der Waals surface area (Å²) >= 11 is 0. The van der Waals surface area contributed by atoms with Gasteiger partial charge in [0.25, 0.3) is 5.91 Å². The fourth-order valence-electron chi connectivity index (χ4n) is 3.11. The van der Waals surface area contributed by atoms with Crippen LogP contribution in [-0.4, -0.2) is 17.6 Å². The van der Waals surface area contributed by atoms with Crippen molar-refractivity contribution in [3.05, 3.63) is 29.3 Å². The standard InChI is InChI=1S/C20H33NO2/c1-9-16(23-17-12-10-11-14(2)15(17)3)18(22)21-20(7,8)13-19(4,5)6/h10-12,16H,9,13H2,1-8H3,(H,21,22). The maximum Gasteiger partial charge on any atom is 0.261 e. The molecule has 0 heterocycles. The topological polar surface area (TPSA) is 38.3 Å². The summed E-state index contributed by atoms with van der Waals surface area (Å²) in [6, 6.07) is 5.94. The molecule has 1 rings (SSSR count). The lowest BCUT2D eigenvalue weighted by Gasteiger charge is -2.34. The Hall–Kier alpha value is -1.51. The lowest BCUT2D eigenvalue weighted by molar-refractivity contribution is -0.130. The van der Waals surface area contributed by atoms with Crippen LogP contribution in [0.4, 0.5) is 0 Å². The Labute approximate surface area is 141 Å². The van der Waals surface area contributed by atoms with E-state index in [9.17, 15) is 4.79 Å². The SMILES string of the molecule is CCC(Oc1cccc(C)c1C)C(=O)NC(C)(C)CC(C)(C)C. The molecule has 130 valence electrons. The first-order valence-corrected chi connectivity index (χ1v) is 8.50. The van der Waals surface area contributed by atoms with Crippen molar-refractivity contribution in [1.82, 2.24) is 5.32 Å². The third-order valence-corrected chi connectivity index (χ3v) is 3.92. The highest BCUT2D eigenvalue weighted by molar-refractivity contribution is 5.81. The minimum atomic E-state index is -0.463. The molecule has 0 aromatic heterocycles. The predicted molar refractivity (Wildman–Crippen MR) is 96.9 cm³/mol. The van der Waals surface area contributed by atoms with Gasteiger partial charge < -0.3 is 10.1 Å². The molecule has 1 atom stereocenters. The van der Waals surface area contributed by atoms with E-state index in [0.29, 0.717) is 6.42 Å². The Morgan fingerprint density at radius 1 is 1.17 bits per heavy atom. The number of aryl methyl sites for hydroxylation is 1. The number of carbonyl (C=O) groups is 1. The number of rotatable bonds is 6. The van der Waals surface area contributed by atoms with Gasteiger partial charge in [-0.2, -0.15) is 0 Å². The van der Waals surface area contributed by atoms with Crippen molar-refractivity contribution >= 4 is 5.91 Å². The molecule has 1 aromatic carbocycles. The third kappa shape index (κ3) is 6.25. The van der Waals surface area contributed by atoms with Gasteiger partial charge in [-0.05, 0) is 63.1 Å². The summed E-state index contributed by atoms with van der Waals surface area (Å²) in [7, 11) is 0. The van der Waals surface area contributed by atoms with E-state index in [4.69, 9.17) is 4.74 Å². The van der Waals surface area contributed by atoms with Gasteiger partial charge in [-0.1, -0.05) is 39.8 Å². The van der Waals surface area contributed by atoms with Crippen LogP contribution >= 0.6 is 0 Å². The first kappa shape index (κ1) is 19.5. The van der Waals surface area contributed by atoms with Crippen LogP contribution in [0.5, 0.6) is 5.75 Å². The first-order chi connectivity index (χ1) is 10.4. The number of carbonyl (C=O) groups excluding carboxylic acids is 1. The summed E-state index contributed by atoms with van der Waals surface area (Å²) in [6.45, 7) is 16.8. The number of hydrogen-bond donors (Lipinski definition) is 1. The zero-order chi connectivity index (χ0) is 17.8. The van der Waals surface area contributed by atoms with E-state index >= 15 is 0 Å².